The number of nitrogens with two attached hydrogens (primary N) is 1. The van der Waals surface area contributed by atoms with Gasteiger partial charge in [0.25, 0.3) is 5.91 Å². The number of aromatic nitrogens is 3. The minimum Gasteiger partial charge on any atom is -0.366 e. The molecular formula is C11H11N5O. The minimum absolute atomic E-state index is 0.291. The number of hydrogen-bond acceptors (Lipinski definition) is 5. The smallest absolute Gasteiger partial charge is 0.251 e. The molecule has 1 amide bonds. The van der Waals surface area contributed by atoms with Crippen molar-refractivity contribution in [1.82, 2.24) is 15.0 Å². The van der Waals surface area contributed by atoms with Gasteiger partial charge in [-0.2, -0.15) is 0 Å². The van der Waals surface area contributed by atoms with E-state index in [4.69, 9.17) is 5.73 Å². The van der Waals surface area contributed by atoms with Crippen LogP contribution >= 0.6 is 0 Å². The molecule has 0 aliphatic carbocycles. The summed E-state index contributed by atoms with van der Waals surface area (Å²) in [6, 6.07) is 3.79. The first-order valence-corrected chi connectivity index (χ1v) is 5.00. The first-order chi connectivity index (χ1) is 8.25. The summed E-state index contributed by atoms with van der Waals surface area (Å²) in [5.74, 6) is -0.0857. The van der Waals surface area contributed by atoms with E-state index in [1.165, 1.54) is 12.4 Å². The molecule has 0 saturated heterocycles. The van der Waals surface area contributed by atoms with Crippen molar-refractivity contribution in [2.45, 2.75) is 6.54 Å². The molecular weight excluding hydrogens is 218 g/mol. The van der Waals surface area contributed by atoms with Crippen LogP contribution in [0.5, 0.6) is 0 Å². The number of nitrogens with zero attached hydrogens (tertiary/aromatic N) is 3. The Kier molecular flexibility index (Phi) is 3.25. The second kappa shape index (κ2) is 5.02. The lowest BCUT2D eigenvalue weighted by atomic mass is 10.3. The molecule has 0 fully saturated rings. The number of pyridine rings is 1. The van der Waals surface area contributed by atoms with Crippen LogP contribution in [-0.2, 0) is 6.54 Å². The molecule has 0 bridgehead atoms. The Bertz CT molecular complexity index is 497. The lowest BCUT2D eigenvalue weighted by Gasteiger charge is -2.04. The molecule has 3 N–H and O–H groups in total. The van der Waals surface area contributed by atoms with Crippen molar-refractivity contribution in [3.05, 3.63) is 48.0 Å². The lowest BCUT2D eigenvalue weighted by molar-refractivity contribution is 0.0999. The third-order valence-corrected chi connectivity index (χ3v) is 2.14. The molecule has 6 heteroatoms. The van der Waals surface area contributed by atoms with Crippen LogP contribution in [0.1, 0.15) is 15.9 Å². The van der Waals surface area contributed by atoms with E-state index >= 15 is 0 Å². The number of carbonyl (C=O) groups is 1. The van der Waals surface area contributed by atoms with Gasteiger partial charge in [0.15, 0.2) is 0 Å². The van der Waals surface area contributed by atoms with Gasteiger partial charge in [-0.25, -0.2) is 9.97 Å². The Morgan fingerprint density at radius 3 is 2.47 bits per heavy atom. The number of hydrogen-bond donors (Lipinski definition) is 2. The molecule has 2 rings (SSSR count). The van der Waals surface area contributed by atoms with Crippen molar-refractivity contribution in [2.75, 3.05) is 5.32 Å². The molecule has 0 spiro atoms. The van der Waals surface area contributed by atoms with Gasteiger partial charge in [0.2, 0.25) is 5.95 Å². The zero-order valence-corrected chi connectivity index (χ0v) is 9.00. The van der Waals surface area contributed by atoms with Gasteiger partial charge in [-0.1, -0.05) is 0 Å². The molecule has 0 aliphatic heterocycles. The van der Waals surface area contributed by atoms with Crippen LogP contribution in [0, 0.1) is 0 Å². The maximum absolute atomic E-state index is 10.8. The van der Waals surface area contributed by atoms with Crippen molar-refractivity contribution in [2.24, 2.45) is 5.73 Å². The summed E-state index contributed by atoms with van der Waals surface area (Å²) < 4.78 is 0. The van der Waals surface area contributed by atoms with Crippen LogP contribution in [-0.4, -0.2) is 20.9 Å². The van der Waals surface area contributed by atoms with E-state index in [0.717, 1.165) is 5.56 Å². The average Bonchev–Trinajstić information content (AvgIpc) is 2.38. The van der Waals surface area contributed by atoms with Gasteiger partial charge in [0, 0.05) is 31.3 Å². The van der Waals surface area contributed by atoms with Gasteiger partial charge >= 0.3 is 0 Å². The second-order valence-corrected chi connectivity index (χ2v) is 3.37. The molecule has 0 unspecified atom stereocenters. The Morgan fingerprint density at radius 1 is 1.24 bits per heavy atom. The summed E-state index contributed by atoms with van der Waals surface area (Å²) in [6.07, 6.45) is 6.22. The largest absolute Gasteiger partial charge is 0.366 e. The number of rotatable bonds is 4. The fourth-order valence-corrected chi connectivity index (χ4v) is 1.23. The van der Waals surface area contributed by atoms with Gasteiger partial charge in [-0.15, -0.1) is 0 Å². The molecule has 2 aromatic heterocycles. The third kappa shape index (κ3) is 2.97. The molecule has 0 aliphatic rings. The fraction of sp³-hybridized carbons (Fsp3) is 0.0909. The van der Waals surface area contributed by atoms with Crippen molar-refractivity contribution < 1.29 is 4.79 Å². The van der Waals surface area contributed by atoms with Gasteiger partial charge < -0.3 is 11.1 Å². The van der Waals surface area contributed by atoms with E-state index in [-0.39, 0.29) is 0 Å². The summed E-state index contributed by atoms with van der Waals surface area (Å²) in [7, 11) is 0. The molecule has 2 aromatic rings. The normalized spacial score (nSPS) is 9.88. The van der Waals surface area contributed by atoms with Crippen LogP contribution in [0.2, 0.25) is 0 Å². The SMILES string of the molecule is NC(=O)c1cnc(NCc2ccncc2)nc1. The minimum atomic E-state index is -0.536. The van der Waals surface area contributed by atoms with Crippen molar-refractivity contribution in [3.63, 3.8) is 0 Å². The van der Waals surface area contributed by atoms with E-state index in [1.54, 1.807) is 12.4 Å². The van der Waals surface area contributed by atoms with Crippen LogP contribution in [0.3, 0.4) is 0 Å². The highest BCUT2D eigenvalue weighted by Gasteiger charge is 2.01. The van der Waals surface area contributed by atoms with Crippen molar-refractivity contribution in [1.29, 1.82) is 0 Å². The Balaban J connectivity index is 1.98. The fourth-order valence-electron chi connectivity index (χ4n) is 1.23. The topological polar surface area (TPSA) is 93.8 Å². The van der Waals surface area contributed by atoms with E-state index in [0.29, 0.717) is 18.1 Å². The maximum atomic E-state index is 10.8. The lowest BCUT2D eigenvalue weighted by Crippen LogP contribution is -2.12. The molecule has 0 atom stereocenters. The van der Waals surface area contributed by atoms with Crippen LogP contribution in [0.15, 0.2) is 36.9 Å². The third-order valence-electron chi connectivity index (χ3n) is 2.14. The number of carbonyl (C=O) groups excluding carboxylic acids is 1. The van der Waals surface area contributed by atoms with Crippen LogP contribution in [0.25, 0.3) is 0 Å². The number of primary amides is 1. The van der Waals surface area contributed by atoms with Crippen molar-refractivity contribution in [3.8, 4) is 0 Å². The second-order valence-electron chi connectivity index (χ2n) is 3.37. The number of amides is 1. The highest BCUT2D eigenvalue weighted by atomic mass is 16.1. The van der Waals surface area contributed by atoms with E-state index < -0.39 is 5.91 Å². The van der Waals surface area contributed by atoms with Gasteiger partial charge in [0.1, 0.15) is 0 Å². The van der Waals surface area contributed by atoms with Crippen LogP contribution < -0.4 is 11.1 Å². The zero-order chi connectivity index (χ0) is 12.1. The quantitative estimate of drug-likeness (QED) is 0.799. The Labute approximate surface area is 97.9 Å². The molecule has 0 saturated carbocycles. The van der Waals surface area contributed by atoms with Gasteiger partial charge in [-0.05, 0) is 17.7 Å². The summed E-state index contributed by atoms with van der Waals surface area (Å²) in [5, 5.41) is 3.02. The first kappa shape index (κ1) is 11.0. The van der Waals surface area contributed by atoms with Crippen molar-refractivity contribution >= 4 is 11.9 Å². The van der Waals surface area contributed by atoms with Crippen LogP contribution in [0.4, 0.5) is 5.95 Å². The predicted molar refractivity (Wildman–Crippen MR) is 62.1 cm³/mol. The van der Waals surface area contributed by atoms with E-state index in [2.05, 4.69) is 20.3 Å². The first-order valence-electron chi connectivity index (χ1n) is 5.00. The summed E-state index contributed by atoms with van der Waals surface area (Å²) in [5.41, 5.74) is 6.45. The molecule has 2 heterocycles. The Morgan fingerprint density at radius 2 is 1.88 bits per heavy atom. The number of nitrogens with one attached hydrogen (secondary N) is 1. The zero-order valence-electron chi connectivity index (χ0n) is 9.00. The highest BCUT2D eigenvalue weighted by Crippen LogP contribution is 2.03. The standard InChI is InChI=1S/C11H11N5O/c12-10(17)9-6-15-11(16-7-9)14-5-8-1-3-13-4-2-8/h1-4,6-7H,5H2,(H2,12,17)(H,14,15,16). The summed E-state index contributed by atoms with van der Waals surface area (Å²) >= 11 is 0. The number of anilines is 1. The van der Waals surface area contributed by atoms with E-state index in [9.17, 15) is 4.79 Å². The Hall–Kier alpha value is -2.50. The van der Waals surface area contributed by atoms with Gasteiger partial charge in [-0.3, -0.25) is 9.78 Å². The molecule has 17 heavy (non-hydrogen) atoms. The van der Waals surface area contributed by atoms with Gasteiger partial charge in [0.05, 0.1) is 5.56 Å². The predicted octanol–water partition coefficient (Wildman–Crippen LogP) is 0.583. The molecule has 0 radical (unpaired) electrons. The highest BCUT2D eigenvalue weighted by molar-refractivity contribution is 5.92. The maximum Gasteiger partial charge on any atom is 0.251 e. The molecule has 6 nitrogen and oxygen atoms in total. The van der Waals surface area contributed by atoms with E-state index in [1.807, 2.05) is 12.1 Å². The molecule has 0 aromatic carbocycles. The summed E-state index contributed by atoms with van der Waals surface area (Å²) in [4.78, 5) is 22.7. The molecule has 86 valence electrons. The summed E-state index contributed by atoms with van der Waals surface area (Å²) in [6.45, 7) is 0.596. The monoisotopic (exact) mass is 229 g/mol. The average molecular weight is 229 g/mol.